The largest absolute Gasteiger partial charge is 0.380 e. The Hall–Kier alpha value is -2.08. The summed E-state index contributed by atoms with van der Waals surface area (Å²) >= 11 is 11.9. The zero-order chi connectivity index (χ0) is 17.6. The van der Waals surface area contributed by atoms with E-state index in [1.54, 1.807) is 48.5 Å². The normalized spacial score (nSPS) is 21.0. The van der Waals surface area contributed by atoms with Crippen LogP contribution in [0.15, 0.2) is 48.5 Å². The van der Waals surface area contributed by atoms with Gasteiger partial charge in [0, 0.05) is 21.7 Å². The molecule has 25 heavy (non-hydrogen) atoms. The van der Waals surface area contributed by atoms with Crippen molar-refractivity contribution < 1.29 is 14.3 Å². The fourth-order valence-electron chi connectivity index (χ4n) is 3.11. The first-order chi connectivity index (χ1) is 12.1. The second kappa shape index (κ2) is 6.33. The lowest BCUT2D eigenvalue weighted by atomic mass is 9.96. The molecule has 2 saturated heterocycles. The number of urea groups is 1. The number of amides is 3. The number of ether oxygens (including phenoxy) is 1. The van der Waals surface area contributed by atoms with Gasteiger partial charge in [0.2, 0.25) is 0 Å². The van der Waals surface area contributed by atoms with Gasteiger partial charge in [0.25, 0.3) is 5.91 Å². The van der Waals surface area contributed by atoms with Gasteiger partial charge in [0.05, 0.1) is 18.9 Å². The molecule has 2 heterocycles. The number of hydrogen-bond donors (Lipinski definition) is 0. The van der Waals surface area contributed by atoms with Gasteiger partial charge in [-0.1, -0.05) is 23.2 Å². The van der Waals surface area contributed by atoms with Gasteiger partial charge in [-0.05, 0) is 48.5 Å². The quantitative estimate of drug-likeness (QED) is 0.761. The molecule has 2 fully saturated rings. The minimum atomic E-state index is -0.585. The maximum atomic E-state index is 13.1. The van der Waals surface area contributed by atoms with E-state index in [0.29, 0.717) is 34.6 Å². The average Bonchev–Trinajstić information content (AvgIpc) is 2.79. The van der Waals surface area contributed by atoms with Gasteiger partial charge >= 0.3 is 6.03 Å². The summed E-state index contributed by atoms with van der Waals surface area (Å²) in [5, 5.41) is 1.11. The van der Waals surface area contributed by atoms with Gasteiger partial charge in [-0.3, -0.25) is 9.69 Å². The summed E-state index contributed by atoms with van der Waals surface area (Å²) in [7, 11) is 0. The van der Waals surface area contributed by atoms with Crippen LogP contribution < -0.4 is 9.80 Å². The predicted molar refractivity (Wildman–Crippen MR) is 96.4 cm³/mol. The van der Waals surface area contributed by atoms with Gasteiger partial charge in [0.15, 0.2) is 0 Å². The van der Waals surface area contributed by atoms with E-state index < -0.39 is 6.04 Å². The molecule has 2 aromatic rings. The topological polar surface area (TPSA) is 49.9 Å². The minimum absolute atomic E-state index is 0.0237. The number of nitrogens with zero attached hydrogens (tertiary/aromatic N) is 2. The van der Waals surface area contributed by atoms with E-state index in [1.165, 1.54) is 9.80 Å². The second-order valence-corrected chi connectivity index (χ2v) is 6.89. The van der Waals surface area contributed by atoms with Gasteiger partial charge < -0.3 is 4.74 Å². The highest BCUT2D eigenvalue weighted by Gasteiger charge is 2.51. The summed E-state index contributed by atoms with van der Waals surface area (Å²) in [6.07, 6.45) is 0. The zero-order valence-corrected chi connectivity index (χ0v) is 14.6. The molecule has 3 amide bonds. The molecule has 0 aromatic heterocycles. The van der Waals surface area contributed by atoms with E-state index in [1.807, 2.05) is 0 Å². The maximum Gasteiger partial charge on any atom is 0.336 e. The Morgan fingerprint density at radius 2 is 1.36 bits per heavy atom. The van der Waals surface area contributed by atoms with Crippen molar-refractivity contribution in [1.82, 2.24) is 0 Å². The molecule has 0 saturated carbocycles. The van der Waals surface area contributed by atoms with Gasteiger partial charge in [-0.2, -0.15) is 0 Å². The molecule has 1 unspecified atom stereocenters. The fraction of sp³-hybridized carbons (Fsp3) is 0.222. The molecular formula is C18H14Cl2N2O3. The summed E-state index contributed by atoms with van der Waals surface area (Å²) in [5.41, 5.74) is 1.14. The molecule has 0 radical (unpaired) electrons. The van der Waals surface area contributed by atoms with Crippen LogP contribution in [0.3, 0.4) is 0 Å². The van der Waals surface area contributed by atoms with Gasteiger partial charge in [-0.25, -0.2) is 9.69 Å². The molecule has 2 aliphatic rings. The Morgan fingerprint density at radius 1 is 0.840 bits per heavy atom. The van der Waals surface area contributed by atoms with Crippen LogP contribution in [-0.4, -0.2) is 31.2 Å². The molecule has 4 rings (SSSR count). The third-order valence-corrected chi connectivity index (χ3v) is 4.95. The Labute approximate surface area is 154 Å². The highest BCUT2D eigenvalue weighted by molar-refractivity contribution is 6.32. The molecule has 128 valence electrons. The van der Waals surface area contributed by atoms with Crippen molar-refractivity contribution in [3.63, 3.8) is 0 Å². The SMILES string of the molecule is O=C1C(C2COC2)N(c2ccc(Cl)cc2)C(=O)N1c1ccc(Cl)cc1. The van der Waals surface area contributed by atoms with Crippen LogP contribution >= 0.6 is 23.2 Å². The summed E-state index contributed by atoms with van der Waals surface area (Å²) in [4.78, 5) is 28.8. The van der Waals surface area contributed by atoms with E-state index in [2.05, 4.69) is 0 Å². The standard InChI is InChI=1S/C18H14Cl2N2O3/c19-12-1-5-14(6-2-12)21-16(11-9-25-10-11)17(23)22(18(21)24)15-7-3-13(20)4-8-15/h1-8,11,16H,9-10H2. The Morgan fingerprint density at radius 3 is 1.84 bits per heavy atom. The fourth-order valence-corrected chi connectivity index (χ4v) is 3.36. The van der Waals surface area contributed by atoms with E-state index in [0.717, 1.165) is 0 Å². The van der Waals surface area contributed by atoms with E-state index in [4.69, 9.17) is 27.9 Å². The van der Waals surface area contributed by atoms with Crippen LogP contribution in [0.25, 0.3) is 0 Å². The average molecular weight is 377 g/mol. The van der Waals surface area contributed by atoms with E-state index in [-0.39, 0.29) is 17.9 Å². The lowest BCUT2D eigenvalue weighted by Crippen LogP contribution is -2.49. The third kappa shape index (κ3) is 2.78. The molecule has 5 nitrogen and oxygen atoms in total. The van der Waals surface area contributed by atoms with Crippen molar-refractivity contribution in [2.75, 3.05) is 23.0 Å². The van der Waals surface area contributed by atoms with Crippen molar-refractivity contribution in [1.29, 1.82) is 0 Å². The van der Waals surface area contributed by atoms with Crippen LogP contribution in [0.1, 0.15) is 0 Å². The molecule has 1 atom stereocenters. The maximum absolute atomic E-state index is 13.1. The number of carbonyl (C=O) groups is 2. The number of imide groups is 1. The number of hydrogen-bond acceptors (Lipinski definition) is 3. The lowest BCUT2D eigenvalue weighted by molar-refractivity contribution is -0.124. The van der Waals surface area contributed by atoms with Gasteiger partial charge in [0.1, 0.15) is 6.04 Å². The summed E-state index contributed by atoms with van der Waals surface area (Å²) in [6, 6.07) is 12.6. The van der Waals surface area contributed by atoms with Crippen molar-refractivity contribution in [2.45, 2.75) is 6.04 Å². The Kier molecular flexibility index (Phi) is 4.15. The molecule has 2 aromatic carbocycles. The first kappa shape index (κ1) is 16.4. The number of anilines is 2. The highest BCUT2D eigenvalue weighted by atomic mass is 35.5. The van der Waals surface area contributed by atoms with E-state index in [9.17, 15) is 9.59 Å². The van der Waals surface area contributed by atoms with Crippen LogP contribution in [0.4, 0.5) is 16.2 Å². The number of halogens is 2. The first-order valence-electron chi connectivity index (χ1n) is 7.82. The number of benzene rings is 2. The Bertz CT molecular complexity index is 819. The molecule has 0 bridgehead atoms. The molecule has 0 spiro atoms. The van der Waals surface area contributed by atoms with E-state index >= 15 is 0 Å². The van der Waals surface area contributed by atoms with Crippen molar-refractivity contribution in [3.05, 3.63) is 58.6 Å². The first-order valence-corrected chi connectivity index (χ1v) is 8.58. The molecule has 2 aliphatic heterocycles. The highest BCUT2D eigenvalue weighted by Crippen LogP contribution is 2.35. The van der Waals surface area contributed by atoms with Crippen LogP contribution in [0.2, 0.25) is 10.0 Å². The number of carbonyl (C=O) groups excluding carboxylic acids is 2. The molecular weight excluding hydrogens is 363 g/mol. The molecule has 7 heteroatoms. The van der Waals surface area contributed by atoms with Crippen molar-refractivity contribution in [3.8, 4) is 0 Å². The zero-order valence-electron chi connectivity index (χ0n) is 13.1. The second-order valence-electron chi connectivity index (χ2n) is 6.02. The lowest BCUT2D eigenvalue weighted by Gasteiger charge is -2.34. The smallest absolute Gasteiger partial charge is 0.336 e. The molecule has 0 N–H and O–H groups in total. The third-order valence-electron chi connectivity index (χ3n) is 4.45. The summed E-state index contributed by atoms with van der Waals surface area (Å²) in [6.45, 7) is 0.921. The van der Waals surface area contributed by atoms with Crippen LogP contribution in [0.5, 0.6) is 0 Å². The van der Waals surface area contributed by atoms with Crippen LogP contribution in [0, 0.1) is 5.92 Å². The minimum Gasteiger partial charge on any atom is -0.380 e. The Balaban J connectivity index is 1.75. The molecule has 0 aliphatic carbocycles. The summed E-state index contributed by atoms with van der Waals surface area (Å²) < 4.78 is 5.24. The van der Waals surface area contributed by atoms with Crippen molar-refractivity contribution >= 4 is 46.5 Å². The van der Waals surface area contributed by atoms with Crippen LogP contribution in [-0.2, 0) is 9.53 Å². The predicted octanol–water partition coefficient (Wildman–Crippen LogP) is 3.98. The van der Waals surface area contributed by atoms with Crippen molar-refractivity contribution in [2.24, 2.45) is 5.92 Å². The monoisotopic (exact) mass is 376 g/mol. The summed E-state index contributed by atoms with van der Waals surface area (Å²) in [5.74, 6) is -0.278. The number of rotatable bonds is 3. The van der Waals surface area contributed by atoms with Gasteiger partial charge in [-0.15, -0.1) is 0 Å².